The number of aldehydes is 1. The normalized spacial score (nSPS) is 18.7. The second kappa shape index (κ2) is 6.55. The smallest absolute Gasteiger partial charge is 0.322 e. The zero-order valence-electron chi connectivity index (χ0n) is 12.2. The first-order valence-corrected chi connectivity index (χ1v) is 7.29. The molecule has 1 fully saturated rings. The number of amides is 2. The molecule has 20 heavy (non-hydrogen) atoms. The topological polar surface area (TPSA) is 49.4 Å². The second-order valence-electron chi connectivity index (χ2n) is 5.32. The fourth-order valence-corrected chi connectivity index (χ4v) is 2.80. The molecule has 1 atom stereocenters. The van der Waals surface area contributed by atoms with E-state index in [4.69, 9.17) is 0 Å². The fraction of sp³-hybridized carbons (Fsp3) is 0.500. The molecule has 2 amide bonds. The van der Waals surface area contributed by atoms with E-state index in [2.05, 4.69) is 12.2 Å². The summed E-state index contributed by atoms with van der Waals surface area (Å²) in [7, 11) is 0. The zero-order valence-corrected chi connectivity index (χ0v) is 12.2. The summed E-state index contributed by atoms with van der Waals surface area (Å²) in [5, 5.41) is 2.95. The Kier molecular flexibility index (Phi) is 4.77. The van der Waals surface area contributed by atoms with Gasteiger partial charge in [-0.15, -0.1) is 0 Å². The molecule has 1 aromatic carbocycles. The Morgan fingerprint density at radius 2 is 2.25 bits per heavy atom. The molecule has 0 spiro atoms. The highest BCUT2D eigenvalue weighted by Crippen LogP contribution is 2.22. The first-order chi connectivity index (χ1) is 9.67. The number of carbonyl (C=O) groups is 2. The lowest BCUT2D eigenvalue weighted by Gasteiger charge is -2.35. The number of carbonyl (C=O) groups excluding carboxylic acids is 2. The van der Waals surface area contributed by atoms with Gasteiger partial charge in [0.25, 0.3) is 0 Å². The summed E-state index contributed by atoms with van der Waals surface area (Å²) >= 11 is 0. The van der Waals surface area contributed by atoms with Crippen LogP contribution in [-0.4, -0.2) is 29.8 Å². The van der Waals surface area contributed by atoms with Crippen molar-refractivity contribution in [3.05, 3.63) is 29.3 Å². The lowest BCUT2D eigenvalue weighted by molar-refractivity contribution is 0.112. The van der Waals surface area contributed by atoms with E-state index in [0.717, 1.165) is 43.3 Å². The van der Waals surface area contributed by atoms with Gasteiger partial charge in [-0.05, 0) is 44.2 Å². The van der Waals surface area contributed by atoms with E-state index >= 15 is 0 Å². The van der Waals surface area contributed by atoms with Gasteiger partial charge in [0.2, 0.25) is 0 Å². The number of hydrogen-bond donors (Lipinski definition) is 1. The average Bonchev–Trinajstić information content (AvgIpc) is 2.49. The number of hydrogen-bond acceptors (Lipinski definition) is 2. The number of urea groups is 1. The number of anilines is 1. The van der Waals surface area contributed by atoms with Crippen LogP contribution >= 0.6 is 0 Å². The minimum Gasteiger partial charge on any atom is -0.322 e. The number of likely N-dealkylation sites (tertiary alicyclic amines) is 1. The van der Waals surface area contributed by atoms with Crippen LogP contribution in [0.1, 0.15) is 48.5 Å². The molecule has 0 aliphatic carbocycles. The van der Waals surface area contributed by atoms with Gasteiger partial charge in [-0.1, -0.05) is 19.1 Å². The van der Waals surface area contributed by atoms with E-state index in [-0.39, 0.29) is 6.03 Å². The van der Waals surface area contributed by atoms with Crippen LogP contribution in [0.2, 0.25) is 0 Å². The van der Waals surface area contributed by atoms with Crippen LogP contribution in [0, 0.1) is 6.92 Å². The Labute approximate surface area is 120 Å². The first kappa shape index (κ1) is 14.6. The summed E-state index contributed by atoms with van der Waals surface area (Å²) in [5.41, 5.74) is 2.16. The minimum absolute atomic E-state index is 0.0531. The monoisotopic (exact) mass is 274 g/mol. The lowest BCUT2D eigenvalue weighted by Crippen LogP contribution is -2.45. The van der Waals surface area contributed by atoms with E-state index < -0.39 is 0 Å². The van der Waals surface area contributed by atoms with Crippen molar-refractivity contribution < 1.29 is 9.59 Å². The molecule has 1 saturated heterocycles. The van der Waals surface area contributed by atoms with Crippen molar-refractivity contribution >= 4 is 18.0 Å². The molecule has 4 nitrogen and oxygen atoms in total. The third-order valence-corrected chi connectivity index (χ3v) is 4.10. The minimum atomic E-state index is -0.0531. The first-order valence-electron chi connectivity index (χ1n) is 7.29. The highest BCUT2D eigenvalue weighted by molar-refractivity contribution is 5.92. The van der Waals surface area contributed by atoms with Gasteiger partial charge in [0.1, 0.15) is 6.29 Å². The predicted molar refractivity (Wildman–Crippen MR) is 80.2 cm³/mol. The Morgan fingerprint density at radius 3 is 2.95 bits per heavy atom. The Morgan fingerprint density at radius 1 is 1.45 bits per heavy atom. The van der Waals surface area contributed by atoms with Gasteiger partial charge in [-0.25, -0.2) is 4.79 Å². The molecule has 1 N–H and O–H groups in total. The molecule has 1 heterocycles. The lowest BCUT2D eigenvalue weighted by atomic mass is 10.0. The van der Waals surface area contributed by atoms with Crippen LogP contribution in [0.5, 0.6) is 0 Å². The average molecular weight is 274 g/mol. The molecule has 1 aliphatic rings. The Balaban J connectivity index is 2.13. The number of rotatable bonds is 3. The third kappa shape index (κ3) is 3.00. The van der Waals surface area contributed by atoms with Crippen molar-refractivity contribution in [2.75, 3.05) is 11.9 Å². The second-order valence-corrected chi connectivity index (χ2v) is 5.32. The van der Waals surface area contributed by atoms with Gasteiger partial charge >= 0.3 is 6.03 Å². The number of nitrogens with zero attached hydrogens (tertiary/aromatic N) is 1. The van der Waals surface area contributed by atoms with Gasteiger partial charge in [0.05, 0.1) is 0 Å². The van der Waals surface area contributed by atoms with Crippen LogP contribution in [0.15, 0.2) is 18.2 Å². The summed E-state index contributed by atoms with van der Waals surface area (Å²) in [5.74, 6) is 0. The fourth-order valence-electron chi connectivity index (χ4n) is 2.80. The molecule has 0 aromatic heterocycles. The van der Waals surface area contributed by atoms with Crippen LogP contribution in [0.3, 0.4) is 0 Å². The summed E-state index contributed by atoms with van der Waals surface area (Å²) < 4.78 is 0. The van der Waals surface area contributed by atoms with E-state index in [1.165, 1.54) is 6.42 Å². The summed E-state index contributed by atoms with van der Waals surface area (Å²) in [6.07, 6.45) is 5.15. The largest absolute Gasteiger partial charge is 0.322 e. The van der Waals surface area contributed by atoms with Crippen molar-refractivity contribution in [1.82, 2.24) is 4.90 Å². The van der Waals surface area contributed by atoms with Gasteiger partial charge in [0, 0.05) is 23.8 Å². The molecule has 0 bridgehead atoms. The molecule has 108 valence electrons. The SMILES string of the molecule is CCC1CCCCN1C(=O)Nc1cccc(C=O)c1C. The van der Waals surface area contributed by atoms with E-state index in [1.807, 2.05) is 17.9 Å². The number of piperidine rings is 1. The van der Waals surface area contributed by atoms with Crippen LogP contribution < -0.4 is 5.32 Å². The third-order valence-electron chi connectivity index (χ3n) is 4.10. The molecule has 0 radical (unpaired) electrons. The molecule has 1 unspecified atom stereocenters. The van der Waals surface area contributed by atoms with Crippen LogP contribution in [0.25, 0.3) is 0 Å². The van der Waals surface area contributed by atoms with Crippen molar-refractivity contribution in [3.8, 4) is 0 Å². The molecular weight excluding hydrogens is 252 g/mol. The molecule has 1 aromatic rings. The van der Waals surface area contributed by atoms with Crippen molar-refractivity contribution in [2.24, 2.45) is 0 Å². The van der Waals surface area contributed by atoms with Gasteiger partial charge in [0.15, 0.2) is 0 Å². The summed E-state index contributed by atoms with van der Waals surface area (Å²) in [6.45, 7) is 4.79. The van der Waals surface area contributed by atoms with Gasteiger partial charge in [-0.2, -0.15) is 0 Å². The van der Waals surface area contributed by atoms with E-state index in [0.29, 0.717) is 11.6 Å². The molecule has 1 aliphatic heterocycles. The maximum atomic E-state index is 12.4. The zero-order chi connectivity index (χ0) is 14.5. The van der Waals surface area contributed by atoms with Gasteiger partial charge < -0.3 is 10.2 Å². The molecular formula is C16H22N2O2. The maximum absolute atomic E-state index is 12.4. The Hall–Kier alpha value is -1.84. The van der Waals surface area contributed by atoms with Crippen molar-refractivity contribution in [1.29, 1.82) is 0 Å². The summed E-state index contributed by atoms with van der Waals surface area (Å²) in [4.78, 5) is 25.3. The molecule has 2 rings (SSSR count). The number of nitrogens with one attached hydrogen (secondary N) is 1. The molecule has 0 saturated carbocycles. The Bertz CT molecular complexity index is 499. The van der Waals surface area contributed by atoms with Crippen LogP contribution in [-0.2, 0) is 0 Å². The quantitative estimate of drug-likeness (QED) is 0.856. The van der Waals surface area contributed by atoms with Crippen molar-refractivity contribution in [2.45, 2.75) is 45.6 Å². The number of benzene rings is 1. The summed E-state index contributed by atoms with van der Waals surface area (Å²) in [6, 6.07) is 5.67. The van der Waals surface area contributed by atoms with Crippen LogP contribution in [0.4, 0.5) is 10.5 Å². The highest BCUT2D eigenvalue weighted by atomic mass is 16.2. The highest BCUT2D eigenvalue weighted by Gasteiger charge is 2.25. The van der Waals surface area contributed by atoms with Gasteiger partial charge in [-0.3, -0.25) is 4.79 Å². The standard InChI is InChI=1S/C16H22N2O2/c1-3-14-8-4-5-10-18(14)16(20)17-15-9-6-7-13(11-19)12(15)2/h6-7,9,11,14H,3-5,8,10H2,1-2H3,(H,17,20). The molecule has 4 heteroatoms. The van der Waals surface area contributed by atoms with Crippen molar-refractivity contribution in [3.63, 3.8) is 0 Å². The van der Waals surface area contributed by atoms with E-state index in [1.54, 1.807) is 12.1 Å². The van der Waals surface area contributed by atoms with E-state index in [9.17, 15) is 9.59 Å². The maximum Gasteiger partial charge on any atom is 0.322 e. The predicted octanol–water partition coefficient (Wildman–Crippen LogP) is 3.60.